The monoisotopic (exact) mass is 475 g/mol. The van der Waals surface area contributed by atoms with E-state index in [0.29, 0.717) is 31.6 Å². The lowest BCUT2D eigenvalue weighted by molar-refractivity contribution is -0.149. The predicted molar refractivity (Wildman–Crippen MR) is 126 cm³/mol. The summed E-state index contributed by atoms with van der Waals surface area (Å²) >= 11 is 0. The van der Waals surface area contributed by atoms with E-state index in [9.17, 15) is 18.8 Å². The number of methoxy groups -OCH3 is 1. The first-order chi connectivity index (χ1) is 15.5. The summed E-state index contributed by atoms with van der Waals surface area (Å²) in [5.74, 6) is -1.01. The van der Waals surface area contributed by atoms with E-state index in [1.807, 2.05) is 41.5 Å². The van der Waals surface area contributed by atoms with E-state index < -0.39 is 11.7 Å². The Bertz CT molecular complexity index is 638. The highest BCUT2D eigenvalue weighted by Crippen LogP contribution is 2.23. The second-order valence-corrected chi connectivity index (χ2v) is 8.01. The van der Waals surface area contributed by atoms with Gasteiger partial charge in [-0.05, 0) is 24.7 Å². The molecule has 0 bridgehead atoms. The van der Waals surface area contributed by atoms with Crippen LogP contribution in [0.25, 0.3) is 0 Å². The fraction of sp³-hybridized carbons (Fsp3) is 0.739. The second kappa shape index (κ2) is 19.0. The first-order valence-corrected chi connectivity index (χ1v) is 11.2. The molecule has 1 saturated heterocycles. The Hall–Kier alpha value is -2.49. The van der Waals surface area contributed by atoms with E-state index in [1.54, 1.807) is 7.05 Å². The molecule has 0 radical (unpaired) electrons. The molecule has 0 aromatic rings. The second-order valence-electron chi connectivity index (χ2n) is 8.01. The first kappa shape index (κ1) is 32.7. The van der Waals surface area contributed by atoms with E-state index in [2.05, 4.69) is 9.73 Å². The van der Waals surface area contributed by atoms with Crippen molar-refractivity contribution in [2.75, 3.05) is 20.8 Å². The van der Waals surface area contributed by atoms with Gasteiger partial charge in [-0.25, -0.2) is 4.39 Å². The molecule has 1 heterocycles. The maximum atomic E-state index is 13.6. The number of halogens is 1. The molecular weight excluding hydrogens is 433 g/mol. The highest BCUT2D eigenvalue weighted by Gasteiger charge is 2.28. The van der Waals surface area contributed by atoms with Gasteiger partial charge in [0, 0.05) is 26.1 Å². The number of hydrogen-bond acceptors (Lipinski definition) is 7. The van der Waals surface area contributed by atoms with Gasteiger partial charge in [-0.2, -0.15) is 4.99 Å². The molecular formula is C23H42FN3O6. The summed E-state index contributed by atoms with van der Waals surface area (Å²) in [5.41, 5.74) is 5.27. The molecule has 33 heavy (non-hydrogen) atoms. The Morgan fingerprint density at radius 3 is 2.15 bits per heavy atom. The van der Waals surface area contributed by atoms with Crippen LogP contribution >= 0.6 is 0 Å². The van der Waals surface area contributed by atoms with Crippen LogP contribution in [0.3, 0.4) is 0 Å². The Labute approximate surface area is 197 Å². The molecule has 0 spiro atoms. The Morgan fingerprint density at radius 1 is 1.15 bits per heavy atom. The van der Waals surface area contributed by atoms with Crippen LogP contribution in [-0.4, -0.2) is 62.2 Å². The number of carbonyl (C=O) groups is 3. The van der Waals surface area contributed by atoms with Gasteiger partial charge in [-0.3, -0.25) is 14.4 Å². The summed E-state index contributed by atoms with van der Waals surface area (Å²) in [6.07, 6.45) is 3.01. The van der Waals surface area contributed by atoms with Crippen molar-refractivity contribution in [3.8, 4) is 0 Å². The molecule has 1 rings (SSSR count). The minimum atomic E-state index is -0.810. The van der Waals surface area contributed by atoms with Gasteiger partial charge in [-0.1, -0.05) is 41.5 Å². The number of amides is 1. The number of rotatable bonds is 10. The van der Waals surface area contributed by atoms with Crippen LogP contribution in [-0.2, 0) is 28.6 Å². The molecule has 1 aliphatic rings. The van der Waals surface area contributed by atoms with Crippen molar-refractivity contribution in [1.82, 2.24) is 4.90 Å². The normalized spacial score (nSPS) is 18.0. The standard InChI is InChI=1S/C15H24FN3O4.C6H12O2.C2H6/c1-10(2)6-14(21)22-8-11-4-5-13(23-11)19(3)7-12(16)15(17)18-9-20;1-5(2)4-6(7)8-3;1-2/h7,9-11,13H,4-6,8H2,1-3H3,(H2,17,18,20);5H,4H2,1-3H3;1-2H3/b12-7+;;. The zero-order valence-electron chi connectivity index (χ0n) is 21.3. The minimum Gasteiger partial charge on any atom is -0.469 e. The SMILES string of the molecule is CC.CC(C)CC(=O)OCC1CCC(N(C)/C=C(/F)C(N)=NC=O)O1.COC(=O)CC(C)C. The molecule has 1 fully saturated rings. The van der Waals surface area contributed by atoms with Crippen molar-refractivity contribution in [2.45, 2.75) is 79.6 Å². The molecule has 1 aliphatic heterocycles. The minimum absolute atomic E-state index is 0.125. The zero-order chi connectivity index (χ0) is 26.0. The van der Waals surface area contributed by atoms with Gasteiger partial charge in [-0.15, -0.1) is 0 Å². The van der Waals surface area contributed by atoms with E-state index in [4.69, 9.17) is 15.2 Å². The number of aliphatic imine (C=N–C) groups is 1. The quantitative estimate of drug-likeness (QED) is 0.220. The Morgan fingerprint density at radius 2 is 1.70 bits per heavy atom. The van der Waals surface area contributed by atoms with Crippen LogP contribution in [0.15, 0.2) is 17.0 Å². The number of nitrogens with zero attached hydrogens (tertiary/aromatic N) is 2. The first-order valence-electron chi connectivity index (χ1n) is 11.2. The van der Waals surface area contributed by atoms with Crippen LogP contribution in [0, 0.1) is 11.8 Å². The van der Waals surface area contributed by atoms with Crippen molar-refractivity contribution >= 4 is 24.2 Å². The van der Waals surface area contributed by atoms with Crippen LogP contribution < -0.4 is 5.73 Å². The van der Waals surface area contributed by atoms with Gasteiger partial charge < -0.3 is 24.8 Å². The van der Waals surface area contributed by atoms with Crippen LogP contribution in [0.2, 0.25) is 0 Å². The predicted octanol–water partition coefficient (Wildman–Crippen LogP) is 3.57. The molecule has 0 aromatic carbocycles. The molecule has 2 atom stereocenters. The van der Waals surface area contributed by atoms with Crippen molar-refractivity contribution in [3.63, 3.8) is 0 Å². The van der Waals surface area contributed by atoms with E-state index >= 15 is 0 Å². The van der Waals surface area contributed by atoms with Crippen molar-refractivity contribution < 1.29 is 33.0 Å². The third-order valence-corrected chi connectivity index (χ3v) is 4.10. The van der Waals surface area contributed by atoms with Gasteiger partial charge in [0.2, 0.25) is 6.41 Å². The molecule has 2 N–H and O–H groups in total. The summed E-state index contributed by atoms with van der Waals surface area (Å²) in [5, 5.41) is 0. The van der Waals surface area contributed by atoms with Crippen molar-refractivity contribution in [2.24, 2.45) is 22.6 Å². The van der Waals surface area contributed by atoms with E-state index in [-0.39, 0.29) is 43.2 Å². The summed E-state index contributed by atoms with van der Waals surface area (Å²) in [4.78, 5) is 36.7. The number of amidine groups is 1. The number of nitrogens with two attached hydrogens (primary N) is 1. The lowest BCUT2D eigenvalue weighted by Crippen LogP contribution is -2.29. The number of hydrogen-bond donors (Lipinski definition) is 1. The lowest BCUT2D eigenvalue weighted by atomic mass is 10.1. The maximum Gasteiger partial charge on any atom is 0.306 e. The summed E-state index contributed by atoms with van der Waals surface area (Å²) in [6, 6.07) is 0. The average Bonchev–Trinajstić information content (AvgIpc) is 3.22. The van der Waals surface area contributed by atoms with E-state index in [0.717, 1.165) is 6.20 Å². The molecule has 9 nitrogen and oxygen atoms in total. The van der Waals surface area contributed by atoms with Gasteiger partial charge in [0.25, 0.3) is 0 Å². The van der Waals surface area contributed by atoms with Crippen molar-refractivity contribution in [3.05, 3.63) is 12.0 Å². The summed E-state index contributed by atoms with van der Waals surface area (Å²) in [7, 11) is 3.04. The number of carbonyl (C=O) groups excluding carboxylic acids is 3. The third kappa shape index (κ3) is 16.8. The fourth-order valence-electron chi connectivity index (χ4n) is 2.55. The highest BCUT2D eigenvalue weighted by atomic mass is 19.1. The molecule has 0 aromatic heterocycles. The molecule has 0 aliphatic carbocycles. The maximum absolute atomic E-state index is 13.6. The molecule has 0 saturated carbocycles. The lowest BCUT2D eigenvalue weighted by Gasteiger charge is -2.23. The highest BCUT2D eigenvalue weighted by molar-refractivity contribution is 5.98. The van der Waals surface area contributed by atoms with Gasteiger partial charge in [0.05, 0.1) is 13.2 Å². The van der Waals surface area contributed by atoms with Crippen LogP contribution in [0.5, 0.6) is 0 Å². The van der Waals surface area contributed by atoms with E-state index in [1.165, 1.54) is 12.0 Å². The number of esters is 2. The van der Waals surface area contributed by atoms with Gasteiger partial charge in [0.1, 0.15) is 12.8 Å². The molecule has 2 unspecified atom stereocenters. The fourth-order valence-corrected chi connectivity index (χ4v) is 2.55. The molecule has 10 heteroatoms. The average molecular weight is 476 g/mol. The van der Waals surface area contributed by atoms with Gasteiger partial charge >= 0.3 is 11.9 Å². The third-order valence-electron chi connectivity index (χ3n) is 4.10. The molecule has 192 valence electrons. The van der Waals surface area contributed by atoms with Crippen LogP contribution in [0.4, 0.5) is 4.39 Å². The summed E-state index contributed by atoms with van der Waals surface area (Å²) in [6.45, 7) is 12.0. The molecule has 1 amide bonds. The zero-order valence-corrected chi connectivity index (χ0v) is 21.3. The number of ether oxygens (including phenoxy) is 3. The topological polar surface area (TPSA) is 121 Å². The Balaban J connectivity index is 0. The van der Waals surface area contributed by atoms with Crippen LogP contribution in [0.1, 0.15) is 67.2 Å². The smallest absolute Gasteiger partial charge is 0.306 e. The van der Waals surface area contributed by atoms with Gasteiger partial charge in [0.15, 0.2) is 11.7 Å². The summed E-state index contributed by atoms with van der Waals surface area (Å²) < 4.78 is 28.9. The Kier molecular flexibility index (Phi) is 18.8. The largest absolute Gasteiger partial charge is 0.469 e. The van der Waals surface area contributed by atoms with Crippen molar-refractivity contribution in [1.29, 1.82) is 0 Å².